The van der Waals surface area contributed by atoms with E-state index < -0.39 is 0 Å². The summed E-state index contributed by atoms with van der Waals surface area (Å²) in [5, 5.41) is 13.0. The highest BCUT2D eigenvalue weighted by atomic mass is 32.1. The number of likely N-dealkylation sites (N-methyl/N-ethyl adjacent to an activating group) is 1. The molecule has 1 aromatic heterocycles. The van der Waals surface area contributed by atoms with Crippen LogP contribution in [-0.4, -0.2) is 30.6 Å². The fraction of sp³-hybridized carbons (Fsp3) is 0.333. The van der Waals surface area contributed by atoms with Gasteiger partial charge >= 0.3 is 0 Å². The van der Waals surface area contributed by atoms with Crippen molar-refractivity contribution in [3.05, 3.63) is 29.1 Å². The van der Waals surface area contributed by atoms with Crippen molar-refractivity contribution in [2.45, 2.75) is 6.42 Å². The Labute approximate surface area is 93.8 Å². The zero-order valence-corrected chi connectivity index (χ0v) is 9.84. The molecule has 1 aromatic carbocycles. The zero-order chi connectivity index (χ0) is 10.8. The predicted octanol–water partition coefficient (Wildman–Crippen LogP) is 2.71. The van der Waals surface area contributed by atoms with E-state index >= 15 is 0 Å². The van der Waals surface area contributed by atoms with E-state index in [-0.39, 0.29) is 0 Å². The third kappa shape index (κ3) is 2.13. The van der Waals surface area contributed by atoms with E-state index in [1.54, 1.807) is 17.4 Å². The summed E-state index contributed by atoms with van der Waals surface area (Å²) in [6.45, 7) is 1.04. The first-order valence-electron chi connectivity index (χ1n) is 5.01. The van der Waals surface area contributed by atoms with Gasteiger partial charge in [0.15, 0.2) is 0 Å². The van der Waals surface area contributed by atoms with Crippen LogP contribution in [0.3, 0.4) is 0 Å². The fourth-order valence-corrected chi connectivity index (χ4v) is 2.65. The highest BCUT2D eigenvalue weighted by Crippen LogP contribution is 2.33. The second kappa shape index (κ2) is 4.21. The molecule has 1 N–H and O–H groups in total. The van der Waals surface area contributed by atoms with Gasteiger partial charge in [-0.15, -0.1) is 11.3 Å². The summed E-state index contributed by atoms with van der Waals surface area (Å²) in [4.78, 5) is 2.17. The Hall–Kier alpha value is -1.06. The van der Waals surface area contributed by atoms with Crippen molar-refractivity contribution in [2.75, 3.05) is 20.6 Å². The number of phenols is 1. The van der Waals surface area contributed by atoms with E-state index in [0.29, 0.717) is 5.75 Å². The van der Waals surface area contributed by atoms with Crippen LogP contribution >= 0.6 is 11.3 Å². The SMILES string of the molecule is CN(C)CCc1csc2c(O)cccc12. The summed E-state index contributed by atoms with van der Waals surface area (Å²) >= 11 is 1.62. The second-order valence-corrected chi connectivity index (χ2v) is 4.85. The van der Waals surface area contributed by atoms with Crippen molar-refractivity contribution in [3.8, 4) is 5.75 Å². The van der Waals surface area contributed by atoms with Gasteiger partial charge in [-0.05, 0) is 42.9 Å². The van der Waals surface area contributed by atoms with Crippen molar-refractivity contribution in [1.29, 1.82) is 0 Å². The van der Waals surface area contributed by atoms with E-state index in [4.69, 9.17) is 0 Å². The molecule has 0 saturated carbocycles. The minimum Gasteiger partial charge on any atom is -0.506 e. The summed E-state index contributed by atoms with van der Waals surface area (Å²) in [5.41, 5.74) is 1.33. The molecule has 0 aliphatic heterocycles. The standard InChI is InChI=1S/C12H15NOS/c1-13(2)7-6-9-8-15-12-10(9)4-3-5-11(12)14/h3-5,8,14H,6-7H2,1-2H3. The monoisotopic (exact) mass is 221 g/mol. The predicted molar refractivity (Wildman–Crippen MR) is 65.7 cm³/mol. The second-order valence-electron chi connectivity index (χ2n) is 3.97. The Balaban J connectivity index is 2.33. The van der Waals surface area contributed by atoms with Crippen LogP contribution in [0.5, 0.6) is 5.75 Å². The number of fused-ring (bicyclic) bond motifs is 1. The average Bonchev–Trinajstić information content (AvgIpc) is 2.59. The number of benzene rings is 1. The number of hydrogen-bond donors (Lipinski definition) is 1. The maximum absolute atomic E-state index is 9.66. The topological polar surface area (TPSA) is 23.5 Å². The number of thiophene rings is 1. The minimum absolute atomic E-state index is 0.397. The molecule has 0 amide bonds. The first-order chi connectivity index (χ1) is 7.18. The molecular formula is C12H15NOS. The van der Waals surface area contributed by atoms with Crippen LogP contribution in [0.4, 0.5) is 0 Å². The largest absolute Gasteiger partial charge is 0.506 e. The van der Waals surface area contributed by atoms with Gasteiger partial charge in [0.25, 0.3) is 0 Å². The molecule has 0 bridgehead atoms. The Morgan fingerprint density at radius 1 is 1.33 bits per heavy atom. The molecule has 0 atom stereocenters. The van der Waals surface area contributed by atoms with Crippen molar-refractivity contribution >= 4 is 21.4 Å². The molecule has 15 heavy (non-hydrogen) atoms. The molecular weight excluding hydrogens is 206 g/mol. The van der Waals surface area contributed by atoms with Crippen LogP contribution in [0.1, 0.15) is 5.56 Å². The molecule has 0 radical (unpaired) electrons. The summed E-state index contributed by atoms with van der Waals surface area (Å²) < 4.78 is 1.01. The first kappa shape index (κ1) is 10.5. The Morgan fingerprint density at radius 3 is 2.87 bits per heavy atom. The molecule has 0 fully saturated rings. The van der Waals surface area contributed by atoms with Crippen LogP contribution < -0.4 is 0 Å². The van der Waals surface area contributed by atoms with Crippen molar-refractivity contribution < 1.29 is 5.11 Å². The smallest absolute Gasteiger partial charge is 0.133 e. The fourth-order valence-electron chi connectivity index (χ4n) is 1.63. The quantitative estimate of drug-likeness (QED) is 0.861. The molecule has 2 aromatic rings. The van der Waals surface area contributed by atoms with Gasteiger partial charge in [-0.2, -0.15) is 0 Å². The van der Waals surface area contributed by atoms with Gasteiger partial charge in [0.05, 0.1) is 4.70 Å². The molecule has 0 unspecified atom stereocenters. The van der Waals surface area contributed by atoms with Gasteiger partial charge in [0.1, 0.15) is 5.75 Å². The summed E-state index contributed by atoms with van der Waals surface area (Å²) in [5.74, 6) is 0.397. The van der Waals surface area contributed by atoms with Crippen LogP contribution in [0.15, 0.2) is 23.6 Å². The maximum atomic E-state index is 9.66. The van der Waals surface area contributed by atoms with Crippen molar-refractivity contribution in [2.24, 2.45) is 0 Å². The lowest BCUT2D eigenvalue weighted by Crippen LogP contribution is -2.14. The Kier molecular flexibility index (Phi) is 2.93. The summed E-state index contributed by atoms with van der Waals surface area (Å²) in [6.07, 6.45) is 1.04. The lowest BCUT2D eigenvalue weighted by atomic mass is 10.1. The summed E-state index contributed by atoms with van der Waals surface area (Å²) in [6, 6.07) is 5.73. The first-order valence-corrected chi connectivity index (χ1v) is 5.89. The molecule has 80 valence electrons. The third-order valence-corrected chi connectivity index (χ3v) is 3.55. The maximum Gasteiger partial charge on any atom is 0.133 e. The third-order valence-electron chi connectivity index (χ3n) is 2.49. The molecule has 1 heterocycles. The number of rotatable bonds is 3. The lowest BCUT2D eigenvalue weighted by Gasteiger charge is -2.08. The van der Waals surface area contributed by atoms with E-state index in [1.807, 2.05) is 6.07 Å². The van der Waals surface area contributed by atoms with E-state index in [2.05, 4.69) is 30.4 Å². The highest BCUT2D eigenvalue weighted by molar-refractivity contribution is 7.17. The van der Waals surface area contributed by atoms with Gasteiger partial charge in [-0.1, -0.05) is 12.1 Å². The minimum atomic E-state index is 0.397. The summed E-state index contributed by atoms with van der Waals surface area (Å²) in [7, 11) is 4.15. The van der Waals surface area contributed by atoms with E-state index in [0.717, 1.165) is 17.7 Å². The normalized spacial score (nSPS) is 11.4. The average molecular weight is 221 g/mol. The van der Waals surface area contributed by atoms with E-state index in [1.165, 1.54) is 10.9 Å². The van der Waals surface area contributed by atoms with Gasteiger partial charge in [-0.3, -0.25) is 0 Å². The van der Waals surface area contributed by atoms with Gasteiger partial charge < -0.3 is 10.0 Å². The molecule has 0 saturated heterocycles. The Bertz CT molecular complexity index is 462. The van der Waals surface area contributed by atoms with Crippen LogP contribution in [0.25, 0.3) is 10.1 Å². The van der Waals surface area contributed by atoms with Crippen LogP contribution in [0, 0.1) is 0 Å². The highest BCUT2D eigenvalue weighted by Gasteiger charge is 2.06. The molecule has 0 spiro atoms. The van der Waals surface area contributed by atoms with E-state index in [9.17, 15) is 5.11 Å². The lowest BCUT2D eigenvalue weighted by molar-refractivity contribution is 0.414. The van der Waals surface area contributed by atoms with Crippen LogP contribution in [-0.2, 0) is 6.42 Å². The molecule has 3 heteroatoms. The number of hydrogen-bond acceptors (Lipinski definition) is 3. The Morgan fingerprint density at radius 2 is 2.13 bits per heavy atom. The number of aromatic hydroxyl groups is 1. The number of phenolic OH excluding ortho intramolecular Hbond substituents is 1. The molecule has 0 aliphatic carbocycles. The van der Waals surface area contributed by atoms with Gasteiger partial charge in [0.2, 0.25) is 0 Å². The zero-order valence-electron chi connectivity index (χ0n) is 9.03. The van der Waals surface area contributed by atoms with Crippen LogP contribution in [0.2, 0.25) is 0 Å². The van der Waals surface area contributed by atoms with Crippen molar-refractivity contribution in [1.82, 2.24) is 4.90 Å². The molecule has 2 rings (SSSR count). The number of nitrogens with zero attached hydrogens (tertiary/aromatic N) is 1. The van der Waals surface area contributed by atoms with Gasteiger partial charge in [0, 0.05) is 6.54 Å². The molecule has 2 nitrogen and oxygen atoms in total. The molecule has 0 aliphatic rings. The van der Waals surface area contributed by atoms with Gasteiger partial charge in [-0.25, -0.2) is 0 Å². The van der Waals surface area contributed by atoms with Crippen molar-refractivity contribution in [3.63, 3.8) is 0 Å².